The topological polar surface area (TPSA) is 45.2 Å². The predicted octanol–water partition coefficient (Wildman–Crippen LogP) is 2.07. The maximum absolute atomic E-state index is 8.43. The summed E-state index contributed by atoms with van der Waals surface area (Å²) in [7, 11) is 0. The fourth-order valence-electron chi connectivity index (χ4n) is 0.604. The molecule has 2 N–H and O–H groups in total. The minimum absolute atomic E-state index is 0.437. The van der Waals surface area contributed by atoms with Gasteiger partial charge in [-0.3, -0.25) is 10.7 Å². The molecule has 0 aliphatic carbocycles. The molecule has 0 amide bonds. The molecule has 1 rings (SSSR count). The van der Waals surface area contributed by atoms with Crippen molar-refractivity contribution in [2.24, 2.45) is 0 Å². The van der Waals surface area contributed by atoms with Crippen molar-refractivity contribution in [3.63, 3.8) is 0 Å². The summed E-state index contributed by atoms with van der Waals surface area (Å²) < 4.78 is 0. The molecular weight excluding hydrogens is 148 g/mol. The molecule has 0 unspecified atom stereocenters. The monoisotopic (exact) mass is 158 g/mol. The third-order valence-corrected chi connectivity index (χ3v) is 2.28. The zero-order valence-electron chi connectivity index (χ0n) is 5.96. The molecule has 0 aromatic carbocycles. The number of hydrogen-bond donors (Lipinski definition) is 2. The lowest BCUT2D eigenvalue weighted by Gasteiger charge is -1.95. The molecule has 0 saturated heterocycles. The first kappa shape index (κ1) is 7.50. The lowest BCUT2D eigenvalue weighted by molar-refractivity contribution is 0.386. The van der Waals surface area contributed by atoms with Crippen LogP contribution in [0.3, 0.4) is 0 Å². The van der Waals surface area contributed by atoms with E-state index in [-0.39, 0.29) is 0 Å². The molecule has 56 valence electrons. The van der Waals surface area contributed by atoms with Crippen molar-refractivity contribution in [2.45, 2.75) is 19.8 Å². The number of aromatic nitrogens is 1. The highest BCUT2D eigenvalue weighted by atomic mass is 32.1. The van der Waals surface area contributed by atoms with Crippen LogP contribution >= 0.6 is 11.3 Å². The summed E-state index contributed by atoms with van der Waals surface area (Å²) in [5.74, 6) is 0.973. The Kier molecular flexibility index (Phi) is 2.24. The van der Waals surface area contributed by atoms with Crippen LogP contribution in [-0.2, 0) is 0 Å². The normalized spacial score (nSPS) is 10.4. The first-order valence-electron chi connectivity index (χ1n) is 3.09. The zero-order chi connectivity index (χ0) is 7.56. The van der Waals surface area contributed by atoms with E-state index < -0.39 is 0 Å². The third kappa shape index (κ3) is 1.46. The number of hydrogen-bond acceptors (Lipinski definition) is 4. The van der Waals surface area contributed by atoms with Gasteiger partial charge in [0.15, 0.2) is 5.82 Å². The van der Waals surface area contributed by atoms with Gasteiger partial charge in [0, 0.05) is 11.3 Å². The highest BCUT2D eigenvalue weighted by Crippen LogP contribution is 2.20. The quantitative estimate of drug-likeness (QED) is 0.647. The van der Waals surface area contributed by atoms with E-state index in [1.807, 2.05) is 5.48 Å². The molecule has 0 spiro atoms. The van der Waals surface area contributed by atoms with Gasteiger partial charge < -0.3 is 0 Å². The summed E-state index contributed by atoms with van der Waals surface area (Å²) in [6, 6.07) is 0. The number of nitrogens with one attached hydrogen (secondary N) is 1. The molecule has 0 aliphatic rings. The van der Waals surface area contributed by atoms with Crippen LogP contribution in [0.4, 0.5) is 5.82 Å². The van der Waals surface area contributed by atoms with Gasteiger partial charge in [0.25, 0.3) is 0 Å². The van der Waals surface area contributed by atoms with Crippen LogP contribution in [0.15, 0.2) is 5.38 Å². The molecule has 0 atom stereocenters. The molecule has 1 heterocycles. The lowest BCUT2D eigenvalue weighted by Crippen LogP contribution is -1.90. The van der Waals surface area contributed by atoms with Crippen molar-refractivity contribution in [1.29, 1.82) is 0 Å². The molecule has 0 saturated carbocycles. The molecular formula is C6H10N2OS. The van der Waals surface area contributed by atoms with Crippen LogP contribution in [0, 0.1) is 0 Å². The van der Waals surface area contributed by atoms with Gasteiger partial charge in [-0.2, -0.15) is 0 Å². The Labute approximate surface area is 63.7 Å². The van der Waals surface area contributed by atoms with E-state index in [1.54, 1.807) is 16.7 Å². The van der Waals surface area contributed by atoms with Crippen molar-refractivity contribution in [1.82, 2.24) is 4.98 Å². The summed E-state index contributed by atoms with van der Waals surface area (Å²) in [5.41, 5.74) is 2.00. The van der Waals surface area contributed by atoms with Gasteiger partial charge in [0.2, 0.25) is 0 Å². The second-order valence-electron chi connectivity index (χ2n) is 2.34. The lowest BCUT2D eigenvalue weighted by atomic mass is 10.2. The maximum Gasteiger partial charge on any atom is 0.160 e. The molecule has 0 fully saturated rings. The average Bonchev–Trinajstić information content (AvgIpc) is 2.34. The molecule has 1 aromatic heterocycles. The Bertz CT molecular complexity index is 209. The summed E-state index contributed by atoms with van der Waals surface area (Å²) in [6.07, 6.45) is 0. The summed E-state index contributed by atoms with van der Waals surface area (Å²) in [6.45, 7) is 4.14. The Hall–Kier alpha value is -0.610. The number of rotatable bonds is 2. The number of thiazole rings is 1. The minimum atomic E-state index is 0.437. The largest absolute Gasteiger partial charge is 0.290 e. The molecule has 0 bridgehead atoms. The third-order valence-electron chi connectivity index (χ3n) is 1.13. The Morgan fingerprint density at radius 2 is 2.40 bits per heavy atom. The van der Waals surface area contributed by atoms with Crippen LogP contribution in [0.2, 0.25) is 0 Å². The van der Waals surface area contributed by atoms with Gasteiger partial charge in [-0.1, -0.05) is 13.8 Å². The van der Waals surface area contributed by atoms with Crippen molar-refractivity contribution < 1.29 is 5.21 Å². The van der Waals surface area contributed by atoms with E-state index in [4.69, 9.17) is 5.21 Å². The van der Waals surface area contributed by atoms with Gasteiger partial charge in [0.05, 0.1) is 5.01 Å². The van der Waals surface area contributed by atoms with Gasteiger partial charge in [-0.25, -0.2) is 4.98 Å². The van der Waals surface area contributed by atoms with E-state index in [9.17, 15) is 0 Å². The molecule has 10 heavy (non-hydrogen) atoms. The first-order valence-corrected chi connectivity index (χ1v) is 3.97. The molecule has 3 nitrogen and oxygen atoms in total. The second kappa shape index (κ2) is 2.98. The number of nitrogens with zero attached hydrogens (tertiary/aromatic N) is 1. The van der Waals surface area contributed by atoms with Gasteiger partial charge >= 0.3 is 0 Å². The van der Waals surface area contributed by atoms with Gasteiger partial charge in [0.1, 0.15) is 0 Å². The van der Waals surface area contributed by atoms with Crippen molar-refractivity contribution in [3.8, 4) is 0 Å². The maximum atomic E-state index is 8.43. The van der Waals surface area contributed by atoms with Crippen molar-refractivity contribution in [2.75, 3.05) is 5.48 Å². The van der Waals surface area contributed by atoms with E-state index in [1.165, 1.54) is 0 Å². The minimum Gasteiger partial charge on any atom is -0.290 e. The Balaban J connectivity index is 2.78. The standard InChI is InChI=1S/C6H10N2OS/c1-4(2)6-7-5(8-9)3-10-6/h3-4,8-9H,1-2H3. The zero-order valence-corrected chi connectivity index (χ0v) is 6.77. The predicted molar refractivity (Wildman–Crippen MR) is 41.6 cm³/mol. The second-order valence-corrected chi connectivity index (χ2v) is 3.23. The van der Waals surface area contributed by atoms with Gasteiger partial charge in [-0.05, 0) is 0 Å². The summed E-state index contributed by atoms with van der Waals surface area (Å²) in [4.78, 5) is 4.09. The molecule has 4 heteroatoms. The van der Waals surface area contributed by atoms with Crippen molar-refractivity contribution in [3.05, 3.63) is 10.4 Å². The highest BCUT2D eigenvalue weighted by molar-refractivity contribution is 7.10. The van der Waals surface area contributed by atoms with Crippen LogP contribution in [-0.4, -0.2) is 10.2 Å². The molecule has 1 aromatic rings. The number of anilines is 1. The van der Waals surface area contributed by atoms with Crippen LogP contribution in [0.1, 0.15) is 24.8 Å². The van der Waals surface area contributed by atoms with Crippen LogP contribution in [0.5, 0.6) is 0 Å². The summed E-state index contributed by atoms with van der Waals surface area (Å²) >= 11 is 1.55. The Morgan fingerprint density at radius 1 is 1.70 bits per heavy atom. The van der Waals surface area contributed by atoms with Crippen molar-refractivity contribution >= 4 is 17.2 Å². The highest BCUT2D eigenvalue weighted by Gasteiger charge is 2.03. The SMILES string of the molecule is CC(C)c1nc(NO)cs1. The van der Waals surface area contributed by atoms with E-state index in [0.29, 0.717) is 11.7 Å². The van der Waals surface area contributed by atoms with E-state index in [2.05, 4.69) is 18.8 Å². The average molecular weight is 158 g/mol. The van der Waals surface area contributed by atoms with Crippen LogP contribution in [0.25, 0.3) is 0 Å². The first-order chi connectivity index (χ1) is 4.74. The van der Waals surface area contributed by atoms with E-state index >= 15 is 0 Å². The van der Waals surface area contributed by atoms with Crippen LogP contribution < -0.4 is 5.48 Å². The molecule has 0 aliphatic heterocycles. The fraction of sp³-hybridized carbons (Fsp3) is 0.500. The Morgan fingerprint density at radius 3 is 2.70 bits per heavy atom. The molecule has 0 radical (unpaired) electrons. The van der Waals surface area contributed by atoms with Gasteiger partial charge in [-0.15, -0.1) is 11.3 Å². The fourth-order valence-corrected chi connectivity index (χ4v) is 1.37. The van der Waals surface area contributed by atoms with E-state index in [0.717, 1.165) is 5.01 Å². The summed E-state index contributed by atoms with van der Waals surface area (Å²) in [5, 5.41) is 11.3. The smallest absolute Gasteiger partial charge is 0.160 e.